The number of carbonyl (C=O) groups excluding carboxylic acids is 1. The molecule has 4 aromatic rings. The average molecular weight is 584 g/mol. The molecule has 17 heteroatoms. The summed E-state index contributed by atoms with van der Waals surface area (Å²) in [6.07, 6.45) is -8.36. The largest absolute Gasteiger partial charge is 0.573 e. The number of rotatable bonds is 7. The maximum Gasteiger partial charge on any atom is 0.573 e. The number of hydrogen-bond donors (Lipinski definition) is 4. The van der Waals surface area contributed by atoms with Crippen LogP contribution in [0.2, 0.25) is 0 Å². The number of anilines is 2. The Hall–Kier alpha value is -5.35. The summed E-state index contributed by atoms with van der Waals surface area (Å²) in [5.74, 6) is -1.77. The van der Waals surface area contributed by atoms with E-state index < -0.39 is 18.5 Å². The van der Waals surface area contributed by atoms with Crippen LogP contribution in [0.1, 0.15) is 10.5 Å². The Morgan fingerprint density at radius 1 is 0.902 bits per heavy atom. The van der Waals surface area contributed by atoms with Crippen LogP contribution in [0.4, 0.5) is 38.0 Å². The fraction of sp³-hybridized carbons (Fsp3) is 0.125. The summed E-state index contributed by atoms with van der Waals surface area (Å²) in [6.45, 7) is 0. The first-order chi connectivity index (χ1) is 19.2. The third kappa shape index (κ3) is 9.41. The van der Waals surface area contributed by atoms with Crippen molar-refractivity contribution in [3.63, 3.8) is 0 Å². The van der Waals surface area contributed by atoms with E-state index in [1.165, 1.54) is 43.6 Å². The standard InChI is InChI=1S/C22H17F3N6O3.C2HF3O2/c1-26-20(32)18-12-17(10-11-27-18)33-15-8-4-14(5-9-15)28-21-29-19(30-31-21)13-2-6-16(7-3-13)34-22(23,24)25;3-2(4,5)1(6)7/h2-12H,1H3,(H,26,32)(H2,28,29,30,31);(H,6,7). The summed E-state index contributed by atoms with van der Waals surface area (Å²) in [6, 6.07) is 15.3. The van der Waals surface area contributed by atoms with E-state index in [9.17, 15) is 31.1 Å². The number of amides is 1. The van der Waals surface area contributed by atoms with Crippen LogP contribution in [-0.4, -0.2) is 56.7 Å². The molecule has 11 nitrogen and oxygen atoms in total. The molecule has 4 rings (SSSR count). The molecule has 0 fully saturated rings. The number of carbonyl (C=O) groups is 2. The molecule has 0 spiro atoms. The predicted molar refractivity (Wildman–Crippen MR) is 130 cm³/mol. The maximum absolute atomic E-state index is 12.3. The maximum atomic E-state index is 12.3. The minimum Gasteiger partial charge on any atom is -0.475 e. The number of H-pyrrole nitrogens is 1. The molecule has 0 aliphatic rings. The molecule has 0 atom stereocenters. The minimum atomic E-state index is -5.08. The van der Waals surface area contributed by atoms with Crippen molar-refractivity contribution in [2.75, 3.05) is 12.4 Å². The minimum absolute atomic E-state index is 0.237. The van der Waals surface area contributed by atoms with Crippen LogP contribution >= 0.6 is 0 Å². The van der Waals surface area contributed by atoms with E-state index in [1.54, 1.807) is 30.3 Å². The summed E-state index contributed by atoms with van der Waals surface area (Å²) in [5, 5.41) is 19.4. The van der Waals surface area contributed by atoms with Gasteiger partial charge >= 0.3 is 18.5 Å². The van der Waals surface area contributed by atoms with E-state index in [4.69, 9.17) is 14.6 Å². The molecular weight excluding hydrogens is 566 g/mol. The number of benzene rings is 2. The van der Waals surface area contributed by atoms with Gasteiger partial charge in [0.25, 0.3) is 5.91 Å². The van der Waals surface area contributed by atoms with Crippen LogP contribution in [0.5, 0.6) is 17.2 Å². The van der Waals surface area contributed by atoms with Crippen molar-refractivity contribution in [1.82, 2.24) is 25.5 Å². The zero-order chi connectivity index (χ0) is 30.2. The van der Waals surface area contributed by atoms with Crippen molar-refractivity contribution in [2.45, 2.75) is 12.5 Å². The summed E-state index contributed by atoms with van der Waals surface area (Å²) < 4.78 is 78.2. The lowest BCUT2D eigenvalue weighted by atomic mass is 10.2. The Kier molecular flexibility index (Phi) is 9.33. The van der Waals surface area contributed by atoms with Gasteiger partial charge in [0.05, 0.1) is 0 Å². The normalized spacial score (nSPS) is 11.1. The number of halogens is 6. The molecule has 0 aliphatic carbocycles. The van der Waals surface area contributed by atoms with Crippen LogP contribution < -0.4 is 20.1 Å². The molecule has 0 unspecified atom stereocenters. The van der Waals surface area contributed by atoms with E-state index in [-0.39, 0.29) is 23.3 Å². The Bertz CT molecular complexity index is 1470. The zero-order valence-corrected chi connectivity index (χ0v) is 20.5. The monoisotopic (exact) mass is 584 g/mol. The van der Waals surface area contributed by atoms with Gasteiger partial charge in [-0.3, -0.25) is 14.9 Å². The van der Waals surface area contributed by atoms with E-state index in [1.807, 2.05) is 0 Å². The summed E-state index contributed by atoms with van der Waals surface area (Å²) in [5.41, 5.74) is 1.45. The highest BCUT2D eigenvalue weighted by atomic mass is 19.4. The van der Waals surface area contributed by atoms with E-state index >= 15 is 0 Å². The third-order valence-electron chi connectivity index (χ3n) is 4.63. The van der Waals surface area contributed by atoms with Gasteiger partial charge in [0.2, 0.25) is 5.95 Å². The summed E-state index contributed by atoms with van der Waals surface area (Å²) in [4.78, 5) is 28.9. The van der Waals surface area contributed by atoms with Crippen LogP contribution in [-0.2, 0) is 4.79 Å². The van der Waals surface area contributed by atoms with Gasteiger partial charge in [-0.25, -0.2) is 4.79 Å². The molecule has 2 aromatic carbocycles. The van der Waals surface area contributed by atoms with Crippen molar-refractivity contribution >= 4 is 23.5 Å². The Morgan fingerprint density at radius 2 is 1.51 bits per heavy atom. The van der Waals surface area contributed by atoms with E-state index in [0.717, 1.165) is 0 Å². The number of ether oxygens (including phenoxy) is 2. The SMILES string of the molecule is CNC(=O)c1cc(Oc2ccc(Nc3n[nH]c(-c4ccc(OC(F)(F)F)cc4)n3)cc2)ccn1.O=C(O)C(F)(F)F. The quantitative estimate of drug-likeness (QED) is 0.212. The predicted octanol–water partition coefficient (Wildman–Crippen LogP) is 5.29. The number of hydrogen-bond acceptors (Lipinski definition) is 8. The molecule has 0 bridgehead atoms. The Morgan fingerprint density at radius 3 is 2.07 bits per heavy atom. The first-order valence-corrected chi connectivity index (χ1v) is 11.1. The average Bonchev–Trinajstić information content (AvgIpc) is 3.37. The number of nitrogens with one attached hydrogen (secondary N) is 3. The van der Waals surface area contributed by atoms with Crippen molar-refractivity contribution in [1.29, 1.82) is 0 Å². The van der Waals surface area contributed by atoms with Crippen molar-refractivity contribution in [2.24, 2.45) is 0 Å². The number of aromatic nitrogens is 4. The second-order valence-corrected chi connectivity index (χ2v) is 7.59. The molecule has 2 aromatic heterocycles. The molecule has 216 valence electrons. The highest BCUT2D eigenvalue weighted by Gasteiger charge is 2.38. The van der Waals surface area contributed by atoms with Crippen LogP contribution in [0.15, 0.2) is 66.9 Å². The fourth-order valence-electron chi connectivity index (χ4n) is 2.86. The molecule has 0 saturated carbocycles. The van der Waals surface area contributed by atoms with Crippen molar-refractivity contribution < 1.29 is 50.5 Å². The fourth-order valence-corrected chi connectivity index (χ4v) is 2.86. The number of carboxylic acids is 1. The van der Waals surface area contributed by atoms with Crippen molar-refractivity contribution in [3.05, 3.63) is 72.6 Å². The molecule has 1 amide bonds. The Balaban J connectivity index is 0.000000587. The molecular formula is C24H18F6N6O5. The number of nitrogens with zero attached hydrogens (tertiary/aromatic N) is 3. The van der Waals surface area contributed by atoms with Gasteiger partial charge < -0.3 is 25.2 Å². The number of alkyl halides is 6. The van der Waals surface area contributed by atoms with Gasteiger partial charge in [0, 0.05) is 30.6 Å². The second-order valence-electron chi connectivity index (χ2n) is 7.59. The number of aromatic amines is 1. The smallest absolute Gasteiger partial charge is 0.475 e. The lowest BCUT2D eigenvalue weighted by Crippen LogP contribution is -2.21. The van der Waals surface area contributed by atoms with Crippen LogP contribution in [0.25, 0.3) is 11.4 Å². The van der Waals surface area contributed by atoms with Crippen molar-refractivity contribution in [3.8, 4) is 28.6 Å². The first kappa shape index (κ1) is 30.2. The Labute approximate surface area is 226 Å². The van der Waals surface area contributed by atoms with Gasteiger partial charge in [0.15, 0.2) is 5.82 Å². The first-order valence-electron chi connectivity index (χ1n) is 11.1. The molecule has 41 heavy (non-hydrogen) atoms. The highest BCUT2D eigenvalue weighted by molar-refractivity contribution is 5.92. The van der Waals surface area contributed by atoms with Gasteiger partial charge in [-0.1, -0.05) is 0 Å². The van der Waals surface area contributed by atoms with Gasteiger partial charge in [-0.05, 0) is 54.6 Å². The van der Waals surface area contributed by atoms with Gasteiger partial charge in [-0.2, -0.15) is 18.2 Å². The molecule has 0 saturated heterocycles. The zero-order valence-electron chi connectivity index (χ0n) is 20.5. The number of pyridine rings is 1. The van der Waals surface area contributed by atoms with E-state index in [2.05, 4.69) is 35.5 Å². The van der Waals surface area contributed by atoms with Crippen LogP contribution in [0, 0.1) is 0 Å². The lowest BCUT2D eigenvalue weighted by molar-refractivity contribution is -0.274. The van der Waals surface area contributed by atoms with Crippen LogP contribution in [0.3, 0.4) is 0 Å². The summed E-state index contributed by atoms with van der Waals surface area (Å²) in [7, 11) is 1.52. The lowest BCUT2D eigenvalue weighted by Gasteiger charge is -2.08. The van der Waals surface area contributed by atoms with Gasteiger partial charge in [-0.15, -0.1) is 18.3 Å². The molecule has 4 N–H and O–H groups in total. The van der Waals surface area contributed by atoms with E-state index in [0.29, 0.717) is 28.6 Å². The molecule has 0 aliphatic heterocycles. The number of aliphatic carboxylic acids is 1. The highest BCUT2D eigenvalue weighted by Crippen LogP contribution is 2.27. The summed E-state index contributed by atoms with van der Waals surface area (Å²) >= 11 is 0. The third-order valence-corrected chi connectivity index (χ3v) is 4.63. The second kappa shape index (κ2) is 12.7. The topological polar surface area (TPSA) is 151 Å². The number of carboxylic acid groups (broad SMARTS) is 1. The van der Waals surface area contributed by atoms with Gasteiger partial charge in [0.1, 0.15) is 22.9 Å². The molecule has 0 radical (unpaired) electrons. The molecule has 2 heterocycles.